The summed E-state index contributed by atoms with van der Waals surface area (Å²) in [5, 5.41) is 23.5. The van der Waals surface area contributed by atoms with Crippen molar-refractivity contribution in [1.29, 1.82) is 0 Å². The number of carbonyl (C=O) groups excluding carboxylic acids is 1. The van der Waals surface area contributed by atoms with E-state index in [0.717, 1.165) is 87.1 Å². The molecule has 44 heavy (non-hydrogen) atoms. The van der Waals surface area contributed by atoms with Crippen LogP contribution in [-0.2, 0) is 4.74 Å². The fourth-order valence-corrected chi connectivity index (χ4v) is 11.3. The maximum atomic E-state index is 14.9. The highest BCUT2D eigenvalue weighted by atomic mass is 16.5. The first kappa shape index (κ1) is 28.9. The van der Waals surface area contributed by atoms with Gasteiger partial charge in [-0.05, 0) is 73.3 Å². The molecule has 0 aromatic heterocycles. The summed E-state index contributed by atoms with van der Waals surface area (Å²) in [4.78, 5) is 17.3. The summed E-state index contributed by atoms with van der Waals surface area (Å²) in [7, 11) is 0. The second-order valence-corrected chi connectivity index (χ2v) is 15.5. The SMILES string of the molecule is CC12CCC(O)CC13C=CC1(C(C(=O)c4ccc(-c5ccccc5)cc4)=C3)C2CCC2(C)C1CCC2(O)CN1CCOCC1. The molecule has 5 nitrogen and oxygen atoms in total. The van der Waals surface area contributed by atoms with E-state index in [2.05, 4.69) is 61.2 Å². The van der Waals surface area contributed by atoms with Crippen molar-refractivity contribution in [1.82, 2.24) is 4.90 Å². The van der Waals surface area contributed by atoms with Gasteiger partial charge in [-0.3, -0.25) is 9.69 Å². The van der Waals surface area contributed by atoms with Crippen LogP contribution in [0.3, 0.4) is 0 Å². The number of Topliss-reactive ketones (excluding diaryl/α,β-unsaturated/α-hetero) is 1. The molecule has 2 spiro atoms. The molecule has 8 atom stereocenters. The number of benzene rings is 2. The number of ether oxygens (including phenoxy) is 1. The third kappa shape index (κ3) is 3.82. The van der Waals surface area contributed by atoms with E-state index in [-0.39, 0.29) is 34.1 Å². The average molecular weight is 594 g/mol. The number of rotatable bonds is 5. The molecule has 0 amide bonds. The normalized spacial score (nSPS) is 42.7. The molecule has 8 unspecified atom stereocenters. The maximum absolute atomic E-state index is 14.9. The molecule has 1 heterocycles. The third-order valence-electron chi connectivity index (χ3n) is 13.8. The Balaban J connectivity index is 1.22. The molecule has 2 aromatic rings. The monoisotopic (exact) mass is 593 g/mol. The molecule has 0 radical (unpaired) electrons. The Morgan fingerprint density at radius 2 is 1.52 bits per heavy atom. The number of β-amino-alcohol motifs (C(OH)–C–C–N with tert-alkyl or cyclic N) is 1. The molecule has 1 saturated heterocycles. The van der Waals surface area contributed by atoms with Crippen LogP contribution in [0.1, 0.15) is 69.2 Å². The number of ketones is 1. The third-order valence-corrected chi connectivity index (χ3v) is 13.8. The zero-order valence-corrected chi connectivity index (χ0v) is 26.3. The molecule has 4 fully saturated rings. The van der Waals surface area contributed by atoms with Crippen LogP contribution in [0.4, 0.5) is 0 Å². The number of hydrogen-bond acceptors (Lipinski definition) is 5. The molecule has 232 valence electrons. The highest BCUT2D eigenvalue weighted by Gasteiger charge is 2.74. The Bertz CT molecular complexity index is 1510. The topological polar surface area (TPSA) is 70.0 Å². The van der Waals surface area contributed by atoms with Gasteiger partial charge in [0.2, 0.25) is 0 Å². The van der Waals surface area contributed by atoms with Crippen molar-refractivity contribution < 1.29 is 19.7 Å². The summed E-state index contributed by atoms with van der Waals surface area (Å²) in [6, 6.07) is 18.5. The van der Waals surface area contributed by atoms with Crippen molar-refractivity contribution >= 4 is 5.78 Å². The van der Waals surface area contributed by atoms with Gasteiger partial charge >= 0.3 is 0 Å². The first-order valence-electron chi connectivity index (χ1n) is 17.0. The number of fused-ring (bicyclic) bond motifs is 1. The van der Waals surface area contributed by atoms with Gasteiger partial charge in [-0.2, -0.15) is 0 Å². The fraction of sp³-hybridized carbons (Fsp3) is 0.564. The number of aliphatic hydroxyl groups is 2. The summed E-state index contributed by atoms with van der Waals surface area (Å²) in [6.45, 7) is 8.64. The van der Waals surface area contributed by atoms with Gasteiger partial charge in [0.05, 0.1) is 24.9 Å². The molecule has 6 aliphatic carbocycles. The minimum Gasteiger partial charge on any atom is -0.393 e. The number of aliphatic hydroxyl groups excluding tert-OH is 1. The van der Waals surface area contributed by atoms with Crippen molar-refractivity contribution in [3.8, 4) is 11.1 Å². The summed E-state index contributed by atoms with van der Waals surface area (Å²) in [5.74, 6) is 0.606. The number of hydrogen-bond donors (Lipinski definition) is 2. The predicted octanol–water partition coefficient (Wildman–Crippen LogP) is 6.46. The first-order chi connectivity index (χ1) is 21.1. The number of carbonyl (C=O) groups is 1. The Kier molecular flexibility index (Phi) is 6.54. The Hall–Kier alpha value is -2.57. The molecule has 3 saturated carbocycles. The molecule has 2 aromatic carbocycles. The van der Waals surface area contributed by atoms with Crippen LogP contribution in [0, 0.1) is 33.5 Å². The Morgan fingerprint density at radius 3 is 2.27 bits per heavy atom. The molecular formula is C39H47NO4. The molecule has 1 aliphatic heterocycles. The van der Waals surface area contributed by atoms with Crippen LogP contribution in [0.5, 0.6) is 0 Å². The number of nitrogens with zero attached hydrogens (tertiary/aromatic N) is 1. The number of morpholine rings is 1. The quantitative estimate of drug-likeness (QED) is 0.308. The zero-order valence-electron chi connectivity index (χ0n) is 26.3. The van der Waals surface area contributed by atoms with E-state index in [1.807, 2.05) is 30.3 Å². The second kappa shape index (κ2) is 9.96. The van der Waals surface area contributed by atoms with Gasteiger partial charge in [0.1, 0.15) is 0 Å². The van der Waals surface area contributed by atoms with E-state index < -0.39 is 11.0 Å². The van der Waals surface area contributed by atoms with Crippen molar-refractivity contribution in [3.63, 3.8) is 0 Å². The van der Waals surface area contributed by atoms with Crippen molar-refractivity contribution in [2.75, 3.05) is 32.8 Å². The predicted molar refractivity (Wildman–Crippen MR) is 172 cm³/mol. The van der Waals surface area contributed by atoms with E-state index in [4.69, 9.17) is 4.74 Å². The zero-order chi connectivity index (χ0) is 30.4. The minimum absolute atomic E-state index is 0.0197. The smallest absolute Gasteiger partial charge is 0.189 e. The lowest BCUT2D eigenvalue weighted by molar-refractivity contribution is -0.178. The van der Waals surface area contributed by atoms with E-state index in [1.54, 1.807) is 0 Å². The van der Waals surface area contributed by atoms with Crippen LogP contribution in [-0.4, -0.2) is 65.4 Å². The van der Waals surface area contributed by atoms with Crippen molar-refractivity contribution in [3.05, 3.63) is 84.0 Å². The summed E-state index contributed by atoms with van der Waals surface area (Å²) < 4.78 is 5.63. The largest absolute Gasteiger partial charge is 0.393 e. The highest BCUT2D eigenvalue weighted by molar-refractivity contribution is 6.10. The summed E-state index contributed by atoms with van der Waals surface area (Å²) in [6.07, 6.45) is 12.9. The fourth-order valence-electron chi connectivity index (χ4n) is 11.3. The molecule has 7 aliphatic rings. The molecule has 9 rings (SSSR count). The van der Waals surface area contributed by atoms with Crippen molar-refractivity contribution in [2.24, 2.45) is 33.5 Å². The first-order valence-corrected chi connectivity index (χ1v) is 17.0. The lowest BCUT2D eigenvalue weighted by atomic mass is 9.32. The molecule has 5 heteroatoms. The molecular weight excluding hydrogens is 546 g/mol. The van der Waals surface area contributed by atoms with Gasteiger partial charge in [0.15, 0.2) is 5.78 Å². The lowest BCUT2D eigenvalue weighted by Gasteiger charge is -2.71. The summed E-state index contributed by atoms with van der Waals surface area (Å²) in [5.41, 5.74) is 2.04. The number of allylic oxidation sites excluding steroid dienone is 4. The van der Waals surface area contributed by atoms with E-state index in [9.17, 15) is 15.0 Å². The van der Waals surface area contributed by atoms with Gasteiger partial charge in [-0.25, -0.2) is 0 Å². The van der Waals surface area contributed by atoms with Gasteiger partial charge in [0.25, 0.3) is 0 Å². The van der Waals surface area contributed by atoms with Gasteiger partial charge in [-0.15, -0.1) is 0 Å². The lowest BCUT2D eigenvalue weighted by Crippen LogP contribution is -2.67. The van der Waals surface area contributed by atoms with E-state index in [1.165, 1.54) is 0 Å². The van der Waals surface area contributed by atoms with Gasteiger partial charge in [-0.1, -0.05) is 86.7 Å². The highest BCUT2D eigenvalue weighted by Crippen LogP contribution is 2.78. The van der Waals surface area contributed by atoms with Crippen LogP contribution in [0.2, 0.25) is 0 Å². The molecule has 2 bridgehead atoms. The standard InChI is InChI=1S/C39H47NO4/c1-35-15-12-30(41)24-37(35)18-19-39(31(25-37)34(42)29-10-8-28(9-11-29)27-6-4-3-5-7-27)32(35)13-16-36(2)33(39)14-17-38(36,43)26-40-20-22-44-23-21-40/h3-11,18-19,25,30,32-33,41,43H,12-17,20-24,26H2,1-2H3. The molecule has 2 N–H and O–H groups in total. The minimum atomic E-state index is -0.802. The van der Waals surface area contributed by atoms with Crippen LogP contribution < -0.4 is 0 Å². The van der Waals surface area contributed by atoms with Gasteiger partial charge < -0.3 is 14.9 Å². The second-order valence-electron chi connectivity index (χ2n) is 15.5. The Labute approximate surface area is 262 Å². The van der Waals surface area contributed by atoms with Crippen LogP contribution in [0.15, 0.2) is 78.4 Å². The maximum Gasteiger partial charge on any atom is 0.189 e. The van der Waals surface area contributed by atoms with Crippen molar-refractivity contribution in [2.45, 2.75) is 70.5 Å². The van der Waals surface area contributed by atoms with Crippen LogP contribution in [0.25, 0.3) is 11.1 Å². The van der Waals surface area contributed by atoms with Crippen LogP contribution >= 0.6 is 0 Å². The van der Waals surface area contributed by atoms with E-state index >= 15 is 0 Å². The summed E-state index contributed by atoms with van der Waals surface area (Å²) >= 11 is 0. The van der Waals surface area contributed by atoms with E-state index in [0.29, 0.717) is 18.9 Å². The Morgan fingerprint density at radius 1 is 0.864 bits per heavy atom. The average Bonchev–Trinajstić information content (AvgIpc) is 3.31. The van der Waals surface area contributed by atoms with Gasteiger partial charge in [0, 0.05) is 47.0 Å².